The third-order valence-electron chi connectivity index (χ3n) is 3.68. The van der Waals surface area contributed by atoms with E-state index in [-0.39, 0.29) is 16.9 Å². The van der Waals surface area contributed by atoms with Gasteiger partial charge >= 0.3 is 12.1 Å². The highest BCUT2D eigenvalue weighted by Crippen LogP contribution is 2.38. The lowest BCUT2D eigenvalue weighted by Gasteiger charge is -2.13. The summed E-state index contributed by atoms with van der Waals surface area (Å²) in [6, 6.07) is 9.56. The van der Waals surface area contributed by atoms with Gasteiger partial charge in [0.25, 0.3) is 5.76 Å². The van der Waals surface area contributed by atoms with E-state index < -0.39 is 41.3 Å². The van der Waals surface area contributed by atoms with Crippen LogP contribution in [0.3, 0.4) is 0 Å². The van der Waals surface area contributed by atoms with Crippen molar-refractivity contribution in [2.24, 2.45) is 0 Å². The van der Waals surface area contributed by atoms with E-state index >= 15 is 0 Å². The minimum absolute atomic E-state index is 0.0455. The zero-order valence-corrected chi connectivity index (χ0v) is 14.4. The number of hydrogen-bond acceptors (Lipinski definition) is 5. The number of rotatable bonds is 5. The minimum Gasteiger partial charge on any atom is -0.482 e. The van der Waals surface area contributed by atoms with Gasteiger partial charge in [0.1, 0.15) is 17.1 Å². The van der Waals surface area contributed by atoms with Gasteiger partial charge in [-0.1, -0.05) is 17.7 Å². The van der Waals surface area contributed by atoms with Crippen LogP contribution in [0.1, 0.15) is 11.3 Å². The first-order valence-electron chi connectivity index (χ1n) is 7.92. The van der Waals surface area contributed by atoms with Gasteiger partial charge in [-0.2, -0.15) is 13.2 Å². The van der Waals surface area contributed by atoms with Crippen LogP contribution in [0.15, 0.2) is 51.7 Å². The Morgan fingerprint density at radius 1 is 1.11 bits per heavy atom. The van der Waals surface area contributed by atoms with Crippen molar-refractivity contribution in [3.05, 3.63) is 64.0 Å². The molecule has 0 radical (unpaired) electrons. The monoisotopic (exact) mass is 394 g/mol. The lowest BCUT2D eigenvalue weighted by Crippen LogP contribution is -2.15. The van der Waals surface area contributed by atoms with E-state index in [2.05, 4.69) is 0 Å². The molecular formula is C19H13F3O6. The second-order valence-electron chi connectivity index (χ2n) is 5.84. The molecule has 3 aromatic rings. The summed E-state index contributed by atoms with van der Waals surface area (Å²) in [5, 5.41) is 8.44. The Bertz CT molecular complexity index is 1080. The predicted octanol–water partition coefficient (Wildman–Crippen LogP) is 4.38. The van der Waals surface area contributed by atoms with Crippen LogP contribution in [-0.4, -0.2) is 17.7 Å². The number of ether oxygens (including phenoxy) is 2. The summed E-state index contributed by atoms with van der Waals surface area (Å²) < 4.78 is 55.4. The van der Waals surface area contributed by atoms with Crippen LogP contribution in [-0.2, 0) is 11.0 Å². The summed E-state index contributed by atoms with van der Waals surface area (Å²) in [5.41, 5.74) is -0.557. The molecule has 1 N–H and O–H groups in total. The van der Waals surface area contributed by atoms with Gasteiger partial charge in [0.05, 0.1) is 5.39 Å². The number of carbonyl (C=O) groups is 1. The van der Waals surface area contributed by atoms with Crippen molar-refractivity contribution in [1.29, 1.82) is 0 Å². The Morgan fingerprint density at radius 3 is 2.36 bits per heavy atom. The second kappa shape index (κ2) is 7.26. The van der Waals surface area contributed by atoms with Crippen molar-refractivity contribution in [2.45, 2.75) is 13.1 Å². The van der Waals surface area contributed by atoms with Gasteiger partial charge in [0.15, 0.2) is 6.61 Å². The largest absolute Gasteiger partial charge is 0.482 e. The van der Waals surface area contributed by atoms with Crippen LogP contribution < -0.4 is 14.9 Å². The van der Waals surface area contributed by atoms with Crippen molar-refractivity contribution in [1.82, 2.24) is 0 Å². The molecule has 2 aromatic carbocycles. The van der Waals surface area contributed by atoms with E-state index in [9.17, 15) is 22.8 Å². The molecule has 0 aliphatic heterocycles. The molecule has 0 amide bonds. The molecule has 1 heterocycles. The Hall–Kier alpha value is -3.49. The summed E-state index contributed by atoms with van der Waals surface area (Å²) >= 11 is 0. The Balaban J connectivity index is 2.12. The van der Waals surface area contributed by atoms with Gasteiger partial charge in [0, 0.05) is 6.07 Å². The summed E-state index contributed by atoms with van der Waals surface area (Å²) in [7, 11) is 0. The van der Waals surface area contributed by atoms with Gasteiger partial charge in [-0.25, -0.2) is 4.79 Å². The quantitative estimate of drug-likeness (QED) is 0.691. The Kier molecular flexibility index (Phi) is 5.00. The maximum absolute atomic E-state index is 13.5. The lowest BCUT2D eigenvalue weighted by molar-refractivity contribution is -0.154. The normalized spacial score (nSPS) is 11.4. The van der Waals surface area contributed by atoms with Crippen LogP contribution in [0.2, 0.25) is 0 Å². The van der Waals surface area contributed by atoms with Crippen molar-refractivity contribution in [3.63, 3.8) is 0 Å². The first-order chi connectivity index (χ1) is 13.1. The molecule has 0 atom stereocenters. The molecule has 0 aliphatic carbocycles. The average Bonchev–Trinajstić information content (AvgIpc) is 2.62. The zero-order chi connectivity index (χ0) is 20.5. The molecule has 6 nitrogen and oxygen atoms in total. The SMILES string of the molecule is Cc1ccc(Oc2c(C(F)(F)F)oc3cc(OCC(=O)O)ccc3c2=O)cc1. The van der Waals surface area contributed by atoms with E-state index in [1.54, 1.807) is 19.1 Å². The first kappa shape index (κ1) is 19.3. The molecule has 0 saturated carbocycles. The van der Waals surface area contributed by atoms with Gasteiger partial charge in [-0.05, 0) is 31.2 Å². The predicted molar refractivity (Wildman–Crippen MR) is 91.9 cm³/mol. The molecule has 0 saturated heterocycles. The van der Waals surface area contributed by atoms with E-state index in [0.29, 0.717) is 0 Å². The maximum Gasteiger partial charge on any atom is 0.453 e. The minimum atomic E-state index is -4.99. The van der Waals surface area contributed by atoms with E-state index in [1.165, 1.54) is 24.3 Å². The molecule has 0 unspecified atom stereocenters. The summed E-state index contributed by atoms with van der Waals surface area (Å²) in [5.74, 6) is -3.86. The third-order valence-corrected chi connectivity index (χ3v) is 3.68. The van der Waals surface area contributed by atoms with Crippen molar-refractivity contribution < 1.29 is 37.0 Å². The van der Waals surface area contributed by atoms with Crippen LogP contribution >= 0.6 is 0 Å². The van der Waals surface area contributed by atoms with Crippen molar-refractivity contribution in [3.8, 4) is 17.2 Å². The van der Waals surface area contributed by atoms with Gasteiger partial charge in [0.2, 0.25) is 11.2 Å². The van der Waals surface area contributed by atoms with Crippen molar-refractivity contribution in [2.75, 3.05) is 6.61 Å². The molecule has 0 bridgehead atoms. The smallest absolute Gasteiger partial charge is 0.453 e. The molecule has 28 heavy (non-hydrogen) atoms. The van der Waals surface area contributed by atoms with Gasteiger partial charge < -0.3 is 19.0 Å². The Morgan fingerprint density at radius 2 is 1.75 bits per heavy atom. The molecule has 0 fully saturated rings. The number of fused-ring (bicyclic) bond motifs is 1. The first-order valence-corrected chi connectivity index (χ1v) is 7.92. The molecule has 0 aliphatic rings. The number of carboxylic acids is 1. The average molecular weight is 394 g/mol. The number of carboxylic acid groups (broad SMARTS) is 1. The van der Waals surface area contributed by atoms with E-state index in [0.717, 1.165) is 11.6 Å². The maximum atomic E-state index is 13.5. The molecule has 0 spiro atoms. The Labute approximate surface area is 155 Å². The summed E-state index contributed by atoms with van der Waals surface area (Å²) in [6.45, 7) is 1.09. The summed E-state index contributed by atoms with van der Waals surface area (Å²) in [6.07, 6.45) is -4.99. The van der Waals surface area contributed by atoms with Gasteiger partial charge in [-0.3, -0.25) is 4.79 Å². The highest BCUT2D eigenvalue weighted by molar-refractivity contribution is 5.80. The van der Waals surface area contributed by atoms with Crippen LogP contribution in [0, 0.1) is 6.92 Å². The van der Waals surface area contributed by atoms with Gasteiger partial charge in [-0.15, -0.1) is 0 Å². The number of hydrogen-bond donors (Lipinski definition) is 1. The lowest BCUT2D eigenvalue weighted by atomic mass is 10.2. The molecule has 3 rings (SSSR count). The fourth-order valence-corrected chi connectivity index (χ4v) is 2.39. The standard InChI is InChI=1S/C19H13F3O6/c1-10-2-4-11(5-3-10)27-17-16(25)13-7-6-12(26-9-15(23)24)8-14(13)28-18(17)19(20,21)22/h2-8H,9H2,1H3,(H,23,24). The summed E-state index contributed by atoms with van der Waals surface area (Å²) in [4.78, 5) is 23.2. The second-order valence-corrected chi connectivity index (χ2v) is 5.84. The fourth-order valence-electron chi connectivity index (χ4n) is 2.39. The van der Waals surface area contributed by atoms with Crippen LogP contribution in [0.25, 0.3) is 11.0 Å². The topological polar surface area (TPSA) is 86.0 Å². The third kappa shape index (κ3) is 4.08. The van der Waals surface area contributed by atoms with Crippen LogP contribution in [0.4, 0.5) is 13.2 Å². The number of halogens is 3. The number of alkyl halides is 3. The van der Waals surface area contributed by atoms with E-state index in [1.807, 2.05) is 0 Å². The number of benzene rings is 2. The highest BCUT2D eigenvalue weighted by atomic mass is 19.4. The van der Waals surface area contributed by atoms with E-state index in [4.69, 9.17) is 19.0 Å². The van der Waals surface area contributed by atoms with Crippen LogP contribution in [0.5, 0.6) is 17.2 Å². The number of aryl methyl sites for hydroxylation is 1. The number of aliphatic carboxylic acids is 1. The van der Waals surface area contributed by atoms with Crippen molar-refractivity contribution >= 4 is 16.9 Å². The molecule has 1 aromatic heterocycles. The molecule has 9 heteroatoms. The fraction of sp³-hybridized carbons (Fsp3) is 0.158. The zero-order valence-electron chi connectivity index (χ0n) is 14.4. The molecule has 146 valence electrons. The highest BCUT2D eigenvalue weighted by Gasteiger charge is 2.40. The molecular weight excluding hydrogens is 381 g/mol.